The Hall–Kier alpha value is -2.34. The molecular weight excluding hydrogens is 340 g/mol. The third kappa shape index (κ3) is 5.32. The van der Waals surface area contributed by atoms with E-state index < -0.39 is 0 Å². The molecule has 6 heteroatoms. The van der Waals surface area contributed by atoms with Gasteiger partial charge in [-0.3, -0.25) is 4.90 Å². The predicted molar refractivity (Wildman–Crippen MR) is 107 cm³/mol. The van der Waals surface area contributed by atoms with Crippen LogP contribution in [-0.2, 0) is 13.0 Å². The van der Waals surface area contributed by atoms with E-state index in [1.165, 1.54) is 17.5 Å². The zero-order chi connectivity index (χ0) is 19.1. The lowest BCUT2D eigenvalue weighted by atomic mass is 9.98. The first-order chi connectivity index (χ1) is 13.2. The minimum absolute atomic E-state index is 0.662. The van der Waals surface area contributed by atoms with E-state index in [-0.39, 0.29) is 0 Å². The van der Waals surface area contributed by atoms with Gasteiger partial charge in [0.15, 0.2) is 11.5 Å². The Labute approximate surface area is 161 Å². The molecule has 1 aromatic carbocycles. The van der Waals surface area contributed by atoms with Gasteiger partial charge in [-0.05, 0) is 49.4 Å². The van der Waals surface area contributed by atoms with E-state index in [2.05, 4.69) is 39.2 Å². The van der Waals surface area contributed by atoms with Crippen molar-refractivity contribution >= 4 is 5.95 Å². The third-order valence-electron chi connectivity index (χ3n) is 4.99. The number of hydrogen-bond donors (Lipinski definition) is 1. The van der Waals surface area contributed by atoms with Crippen molar-refractivity contribution < 1.29 is 9.47 Å². The topological polar surface area (TPSA) is 59.5 Å². The van der Waals surface area contributed by atoms with Crippen molar-refractivity contribution in [3.8, 4) is 11.5 Å². The van der Waals surface area contributed by atoms with E-state index in [4.69, 9.17) is 9.47 Å². The Kier molecular flexibility index (Phi) is 6.87. The van der Waals surface area contributed by atoms with Gasteiger partial charge in [-0.1, -0.05) is 13.0 Å². The lowest BCUT2D eigenvalue weighted by molar-refractivity contribution is 0.315. The first-order valence-corrected chi connectivity index (χ1v) is 9.69. The van der Waals surface area contributed by atoms with Crippen LogP contribution >= 0.6 is 0 Å². The fourth-order valence-corrected chi connectivity index (χ4v) is 3.59. The summed E-state index contributed by atoms with van der Waals surface area (Å²) in [5.74, 6) is 2.97. The van der Waals surface area contributed by atoms with Crippen LogP contribution < -0.4 is 14.8 Å². The second kappa shape index (κ2) is 9.55. The third-order valence-corrected chi connectivity index (χ3v) is 4.99. The van der Waals surface area contributed by atoms with Gasteiger partial charge in [-0.25, -0.2) is 9.97 Å². The van der Waals surface area contributed by atoms with E-state index in [0.717, 1.165) is 50.5 Å². The first-order valence-electron chi connectivity index (χ1n) is 9.69. The number of rotatable bonds is 9. The average Bonchev–Trinajstić information content (AvgIpc) is 3.14. The van der Waals surface area contributed by atoms with Crippen molar-refractivity contribution in [3.63, 3.8) is 0 Å². The van der Waals surface area contributed by atoms with Gasteiger partial charge in [0.05, 0.1) is 14.2 Å². The van der Waals surface area contributed by atoms with Gasteiger partial charge in [0.25, 0.3) is 0 Å². The second-order valence-electron chi connectivity index (χ2n) is 7.12. The van der Waals surface area contributed by atoms with Crippen LogP contribution in [0.3, 0.4) is 0 Å². The maximum Gasteiger partial charge on any atom is 0.222 e. The Morgan fingerprint density at radius 2 is 1.89 bits per heavy atom. The minimum Gasteiger partial charge on any atom is -0.493 e. The number of likely N-dealkylation sites (tertiary alicyclic amines) is 1. The van der Waals surface area contributed by atoms with Gasteiger partial charge in [-0.2, -0.15) is 0 Å². The van der Waals surface area contributed by atoms with Gasteiger partial charge < -0.3 is 14.8 Å². The Bertz CT molecular complexity index is 721. The summed E-state index contributed by atoms with van der Waals surface area (Å²) in [6, 6.07) is 6.23. The normalized spacial score (nSPS) is 17.1. The van der Waals surface area contributed by atoms with Crippen LogP contribution in [0.25, 0.3) is 0 Å². The molecule has 2 aromatic rings. The van der Waals surface area contributed by atoms with E-state index in [1.54, 1.807) is 14.2 Å². The number of methoxy groups -OCH3 is 2. The van der Waals surface area contributed by atoms with Gasteiger partial charge in [0, 0.05) is 37.6 Å². The lowest BCUT2D eigenvalue weighted by Gasteiger charge is -2.16. The molecule has 1 atom stereocenters. The zero-order valence-corrected chi connectivity index (χ0v) is 16.6. The Balaban J connectivity index is 1.51. The number of hydrogen-bond acceptors (Lipinski definition) is 6. The molecular formula is C21H30N4O2. The molecule has 0 radical (unpaired) electrons. The highest BCUT2D eigenvalue weighted by atomic mass is 16.5. The summed E-state index contributed by atoms with van der Waals surface area (Å²) in [7, 11) is 3.35. The molecule has 0 bridgehead atoms. The van der Waals surface area contributed by atoms with E-state index >= 15 is 0 Å². The highest BCUT2D eigenvalue weighted by Gasteiger charge is 2.23. The van der Waals surface area contributed by atoms with Crippen molar-refractivity contribution in [1.29, 1.82) is 0 Å². The monoisotopic (exact) mass is 370 g/mol. The highest BCUT2D eigenvalue weighted by Crippen LogP contribution is 2.30. The van der Waals surface area contributed by atoms with Crippen LogP contribution in [0, 0.1) is 5.92 Å². The van der Waals surface area contributed by atoms with Crippen LogP contribution in [0.5, 0.6) is 11.5 Å². The molecule has 1 fully saturated rings. The first kappa shape index (κ1) is 19.4. The molecule has 0 aliphatic carbocycles. The highest BCUT2D eigenvalue weighted by molar-refractivity contribution is 5.43. The Morgan fingerprint density at radius 1 is 1.11 bits per heavy atom. The molecule has 27 heavy (non-hydrogen) atoms. The van der Waals surface area contributed by atoms with Crippen molar-refractivity contribution in [3.05, 3.63) is 41.7 Å². The van der Waals surface area contributed by atoms with E-state index in [9.17, 15) is 0 Å². The molecule has 1 aromatic heterocycles. The fourth-order valence-electron chi connectivity index (χ4n) is 3.59. The van der Waals surface area contributed by atoms with Crippen LogP contribution in [0.4, 0.5) is 5.95 Å². The van der Waals surface area contributed by atoms with Gasteiger partial charge >= 0.3 is 0 Å². The maximum absolute atomic E-state index is 5.42. The summed E-state index contributed by atoms with van der Waals surface area (Å²) in [6.07, 6.45) is 7.22. The quantitative estimate of drug-likeness (QED) is 0.730. The number of benzene rings is 1. The number of ether oxygens (including phenoxy) is 2. The fraction of sp³-hybridized carbons (Fsp3) is 0.524. The summed E-state index contributed by atoms with van der Waals surface area (Å²) in [6.45, 7) is 6.17. The molecule has 1 aliphatic heterocycles. The summed E-state index contributed by atoms with van der Waals surface area (Å²) in [4.78, 5) is 11.3. The Morgan fingerprint density at radius 3 is 2.59 bits per heavy atom. The van der Waals surface area contributed by atoms with Crippen LogP contribution in [0.2, 0.25) is 0 Å². The number of aromatic nitrogens is 2. The number of anilines is 1. The SMILES string of the molecule is CCCNc1ncc(CN2CCC(Cc3ccc(OC)c(OC)c3)C2)cn1. The van der Waals surface area contributed by atoms with Crippen molar-refractivity contribution in [2.24, 2.45) is 5.92 Å². The second-order valence-corrected chi connectivity index (χ2v) is 7.12. The van der Waals surface area contributed by atoms with Crippen molar-refractivity contribution in [1.82, 2.24) is 14.9 Å². The largest absolute Gasteiger partial charge is 0.493 e. The molecule has 1 saturated heterocycles. The molecule has 0 amide bonds. The predicted octanol–water partition coefficient (Wildman–Crippen LogP) is 3.38. The number of nitrogens with one attached hydrogen (secondary N) is 1. The molecule has 2 heterocycles. The summed E-state index contributed by atoms with van der Waals surface area (Å²) >= 11 is 0. The summed E-state index contributed by atoms with van der Waals surface area (Å²) in [5.41, 5.74) is 2.47. The van der Waals surface area contributed by atoms with Crippen LogP contribution in [0.15, 0.2) is 30.6 Å². The maximum atomic E-state index is 5.42. The molecule has 6 nitrogen and oxygen atoms in total. The molecule has 0 spiro atoms. The molecule has 1 N–H and O–H groups in total. The van der Waals surface area contributed by atoms with Crippen LogP contribution in [-0.4, -0.2) is 48.7 Å². The van der Waals surface area contributed by atoms with Gasteiger partial charge in [-0.15, -0.1) is 0 Å². The zero-order valence-electron chi connectivity index (χ0n) is 16.6. The van der Waals surface area contributed by atoms with E-state index in [1.807, 2.05) is 18.5 Å². The van der Waals surface area contributed by atoms with Crippen LogP contribution in [0.1, 0.15) is 30.9 Å². The average molecular weight is 370 g/mol. The minimum atomic E-state index is 0.662. The smallest absolute Gasteiger partial charge is 0.222 e. The molecule has 3 rings (SSSR count). The van der Waals surface area contributed by atoms with Gasteiger partial charge in [0.2, 0.25) is 5.95 Å². The van der Waals surface area contributed by atoms with Gasteiger partial charge in [0.1, 0.15) is 0 Å². The van der Waals surface area contributed by atoms with Crippen molar-refractivity contribution in [2.45, 2.75) is 32.7 Å². The number of nitrogens with zero attached hydrogens (tertiary/aromatic N) is 3. The molecule has 1 unspecified atom stereocenters. The lowest BCUT2D eigenvalue weighted by Crippen LogP contribution is -2.21. The molecule has 146 valence electrons. The summed E-state index contributed by atoms with van der Waals surface area (Å²) < 4.78 is 10.7. The molecule has 0 saturated carbocycles. The van der Waals surface area contributed by atoms with E-state index in [0.29, 0.717) is 11.9 Å². The summed E-state index contributed by atoms with van der Waals surface area (Å²) in [5, 5.41) is 3.21. The molecule has 1 aliphatic rings. The standard InChI is InChI=1S/C21H30N4O2/c1-4-8-22-21-23-12-18(13-24-21)15-25-9-7-17(14-25)10-16-5-6-19(26-2)20(11-16)27-3/h5-6,11-13,17H,4,7-10,14-15H2,1-3H3,(H,22,23,24). The van der Waals surface area contributed by atoms with Crippen molar-refractivity contribution in [2.75, 3.05) is 39.2 Å².